The van der Waals surface area contributed by atoms with Gasteiger partial charge in [0, 0.05) is 5.75 Å². The summed E-state index contributed by atoms with van der Waals surface area (Å²) >= 11 is 3.65. The van der Waals surface area contributed by atoms with E-state index in [0.717, 1.165) is 33.1 Å². The molecular formula is C19H19N3S2. The molecule has 0 amide bonds. The topological polar surface area (TPSA) is 41.6 Å². The van der Waals surface area contributed by atoms with Gasteiger partial charge in [-0.1, -0.05) is 43.8 Å². The summed E-state index contributed by atoms with van der Waals surface area (Å²) in [6.45, 7) is 4.62. The predicted octanol–water partition coefficient (Wildman–Crippen LogP) is 5.63. The maximum atomic E-state index is 4.71. The Kier molecular flexibility index (Phi) is 4.06. The van der Waals surface area contributed by atoms with E-state index in [-0.39, 0.29) is 5.41 Å². The molecule has 2 heterocycles. The van der Waals surface area contributed by atoms with Crippen LogP contribution in [0.5, 0.6) is 0 Å². The lowest BCUT2D eigenvalue weighted by molar-refractivity contribution is 0.511. The first-order valence-electron chi connectivity index (χ1n) is 8.04. The number of hydrogen-bond donors (Lipinski definition) is 1. The molecule has 0 bridgehead atoms. The predicted molar refractivity (Wildman–Crippen MR) is 104 cm³/mol. The fourth-order valence-corrected chi connectivity index (χ4v) is 5.21. The van der Waals surface area contributed by atoms with E-state index in [4.69, 9.17) is 4.98 Å². The van der Waals surface area contributed by atoms with Crippen molar-refractivity contribution in [1.82, 2.24) is 15.0 Å². The highest BCUT2D eigenvalue weighted by Crippen LogP contribution is 2.34. The quantitative estimate of drug-likeness (QED) is 0.473. The zero-order valence-electron chi connectivity index (χ0n) is 13.7. The van der Waals surface area contributed by atoms with Crippen LogP contribution in [-0.2, 0) is 5.41 Å². The van der Waals surface area contributed by atoms with Crippen LogP contribution in [-0.4, -0.2) is 20.7 Å². The molecule has 2 aromatic heterocycles. The van der Waals surface area contributed by atoms with Gasteiger partial charge in [0.25, 0.3) is 0 Å². The maximum absolute atomic E-state index is 4.71. The zero-order valence-corrected chi connectivity index (χ0v) is 15.4. The van der Waals surface area contributed by atoms with Crippen molar-refractivity contribution < 1.29 is 0 Å². The Bertz CT molecular complexity index is 951. The standard InChI is InChI=1S/C19H19N3S2/c1-19(2,13-7-8-14-16(11-13)21-12-20-14)9-10-23-18-22-15-5-3-4-6-17(15)24-18/h3-8,11-12H,9-10H2,1-2H3,(H,20,21). The molecule has 4 aromatic rings. The van der Waals surface area contributed by atoms with Gasteiger partial charge >= 0.3 is 0 Å². The van der Waals surface area contributed by atoms with Crippen molar-refractivity contribution >= 4 is 44.3 Å². The van der Waals surface area contributed by atoms with Crippen molar-refractivity contribution in [3.05, 3.63) is 54.4 Å². The smallest absolute Gasteiger partial charge is 0.151 e. The lowest BCUT2D eigenvalue weighted by Crippen LogP contribution is -2.18. The highest BCUT2D eigenvalue weighted by molar-refractivity contribution is 8.01. The lowest BCUT2D eigenvalue weighted by atomic mass is 9.82. The number of aromatic amines is 1. The average molecular weight is 354 g/mol. The van der Waals surface area contributed by atoms with E-state index in [1.54, 1.807) is 17.7 Å². The number of para-hydroxylation sites is 1. The molecule has 5 heteroatoms. The van der Waals surface area contributed by atoms with E-state index in [9.17, 15) is 0 Å². The number of fused-ring (bicyclic) bond motifs is 2. The number of benzene rings is 2. The first kappa shape index (κ1) is 15.7. The van der Waals surface area contributed by atoms with Gasteiger partial charge in [0.2, 0.25) is 0 Å². The molecule has 122 valence electrons. The molecule has 0 unspecified atom stereocenters. The largest absolute Gasteiger partial charge is 0.345 e. The van der Waals surface area contributed by atoms with Crippen LogP contribution < -0.4 is 0 Å². The number of hydrogen-bond acceptors (Lipinski definition) is 4. The Morgan fingerprint density at radius 3 is 2.88 bits per heavy atom. The molecule has 0 saturated heterocycles. The van der Waals surface area contributed by atoms with Gasteiger partial charge in [0.15, 0.2) is 4.34 Å². The normalized spacial score (nSPS) is 12.2. The summed E-state index contributed by atoms with van der Waals surface area (Å²) in [5.74, 6) is 1.06. The van der Waals surface area contributed by atoms with Crippen molar-refractivity contribution in [1.29, 1.82) is 0 Å². The molecule has 0 radical (unpaired) electrons. The van der Waals surface area contributed by atoms with Gasteiger partial charge in [0.1, 0.15) is 0 Å². The Labute approximate surface area is 149 Å². The Balaban J connectivity index is 1.45. The molecule has 0 spiro atoms. The van der Waals surface area contributed by atoms with Crippen LogP contribution in [0.15, 0.2) is 53.1 Å². The molecule has 3 nitrogen and oxygen atoms in total. The van der Waals surface area contributed by atoms with Gasteiger partial charge < -0.3 is 4.98 Å². The first-order valence-corrected chi connectivity index (χ1v) is 9.84. The van der Waals surface area contributed by atoms with E-state index in [2.05, 4.69) is 60.2 Å². The fourth-order valence-electron chi connectivity index (χ4n) is 2.81. The molecule has 4 rings (SSSR count). The summed E-state index contributed by atoms with van der Waals surface area (Å²) in [7, 11) is 0. The molecule has 1 N–H and O–H groups in total. The van der Waals surface area contributed by atoms with Gasteiger partial charge in [-0.15, -0.1) is 11.3 Å². The van der Waals surface area contributed by atoms with Crippen molar-refractivity contribution in [2.75, 3.05) is 5.75 Å². The van der Waals surface area contributed by atoms with E-state index in [1.807, 2.05) is 17.8 Å². The summed E-state index contributed by atoms with van der Waals surface area (Å²) in [5.41, 5.74) is 4.72. The number of H-pyrrole nitrogens is 1. The second-order valence-corrected chi connectivity index (χ2v) is 8.94. The van der Waals surface area contributed by atoms with Gasteiger partial charge in [-0.25, -0.2) is 9.97 Å². The fraction of sp³-hybridized carbons (Fsp3) is 0.263. The van der Waals surface area contributed by atoms with Gasteiger partial charge in [-0.05, 0) is 41.7 Å². The van der Waals surface area contributed by atoms with Gasteiger partial charge in [0.05, 0.1) is 27.6 Å². The minimum Gasteiger partial charge on any atom is -0.345 e. The van der Waals surface area contributed by atoms with Crippen molar-refractivity contribution in [3.8, 4) is 0 Å². The number of thioether (sulfide) groups is 1. The molecule has 0 fully saturated rings. The van der Waals surface area contributed by atoms with E-state index >= 15 is 0 Å². The molecule has 0 aliphatic rings. The molecule has 0 saturated carbocycles. The average Bonchev–Trinajstić information content (AvgIpc) is 3.19. The van der Waals surface area contributed by atoms with Crippen LogP contribution in [0.2, 0.25) is 0 Å². The Morgan fingerprint density at radius 2 is 2.00 bits per heavy atom. The van der Waals surface area contributed by atoms with Crippen LogP contribution in [0.25, 0.3) is 21.3 Å². The number of thiazole rings is 1. The second kappa shape index (κ2) is 6.22. The van der Waals surface area contributed by atoms with E-state index < -0.39 is 0 Å². The number of nitrogens with zero attached hydrogens (tertiary/aromatic N) is 2. The van der Waals surface area contributed by atoms with Crippen molar-refractivity contribution in [3.63, 3.8) is 0 Å². The minimum atomic E-state index is 0.128. The summed E-state index contributed by atoms with van der Waals surface area (Å²) in [6.07, 6.45) is 2.86. The van der Waals surface area contributed by atoms with Crippen LogP contribution in [0.3, 0.4) is 0 Å². The van der Waals surface area contributed by atoms with Crippen molar-refractivity contribution in [2.24, 2.45) is 0 Å². The molecule has 0 aliphatic carbocycles. The molecule has 2 aromatic carbocycles. The van der Waals surface area contributed by atoms with Crippen LogP contribution in [0.1, 0.15) is 25.8 Å². The van der Waals surface area contributed by atoms with Crippen molar-refractivity contribution in [2.45, 2.75) is 30.0 Å². The lowest BCUT2D eigenvalue weighted by Gasteiger charge is -2.25. The number of nitrogens with one attached hydrogen (secondary N) is 1. The Hall–Kier alpha value is -1.85. The third-order valence-electron chi connectivity index (χ3n) is 4.43. The number of rotatable bonds is 5. The van der Waals surface area contributed by atoms with E-state index in [1.165, 1.54) is 10.3 Å². The third-order valence-corrected chi connectivity index (χ3v) is 6.61. The van der Waals surface area contributed by atoms with E-state index in [0.29, 0.717) is 0 Å². The van der Waals surface area contributed by atoms with Gasteiger partial charge in [-0.3, -0.25) is 0 Å². The monoisotopic (exact) mass is 353 g/mol. The SMILES string of the molecule is CC(C)(CCSc1nc2ccccc2s1)c1ccc2nc[nH]c2c1. The highest BCUT2D eigenvalue weighted by atomic mass is 32.2. The highest BCUT2D eigenvalue weighted by Gasteiger charge is 2.21. The third kappa shape index (κ3) is 3.06. The minimum absolute atomic E-state index is 0.128. The summed E-state index contributed by atoms with van der Waals surface area (Å²) in [4.78, 5) is 12.2. The Morgan fingerprint density at radius 1 is 1.12 bits per heavy atom. The maximum Gasteiger partial charge on any atom is 0.151 e. The summed E-state index contributed by atoms with van der Waals surface area (Å²) in [5, 5.41) is 0. The van der Waals surface area contributed by atoms with Crippen LogP contribution in [0.4, 0.5) is 0 Å². The molecular weight excluding hydrogens is 334 g/mol. The molecule has 0 aliphatic heterocycles. The molecule has 0 atom stereocenters. The molecule has 24 heavy (non-hydrogen) atoms. The summed E-state index contributed by atoms with van der Waals surface area (Å²) in [6, 6.07) is 14.9. The van der Waals surface area contributed by atoms with Crippen LogP contribution >= 0.6 is 23.1 Å². The number of imidazole rings is 1. The first-order chi connectivity index (χ1) is 11.6. The zero-order chi connectivity index (χ0) is 16.6. The van der Waals surface area contributed by atoms with Gasteiger partial charge in [-0.2, -0.15) is 0 Å². The second-order valence-electron chi connectivity index (χ2n) is 6.56. The number of aromatic nitrogens is 3. The summed E-state index contributed by atoms with van der Waals surface area (Å²) < 4.78 is 2.43. The van der Waals surface area contributed by atoms with Crippen LogP contribution in [0, 0.1) is 0 Å².